The summed E-state index contributed by atoms with van der Waals surface area (Å²) in [5.74, 6) is -7.39. The number of carboxylic acid groups (broad SMARTS) is 2. The number of methoxy groups -OCH3 is 2. The molecular formula is C21H33ClO12. The number of unbranched alkanes of at least 4 members (excludes halogenated alkanes) is 3. The summed E-state index contributed by atoms with van der Waals surface area (Å²) < 4.78 is 13.5. The molecule has 0 saturated carbocycles. The fraction of sp³-hybridized carbons (Fsp3) is 0.667. The van der Waals surface area contributed by atoms with Crippen molar-refractivity contribution in [2.24, 2.45) is 5.92 Å². The molecule has 2 N–H and O–H groups in total. The number of Topliss-reactive ketones (excluding diaryl/α,β-unsaturated/α-hetero) is 2. The van der Waals surface area contributed by atoms with Crippen LogP contribution >= 0.6 is 12.4 Å². The van der Waals surface area contributed by atoms with Gasteiger partial charge in [0.05, 0.1) is 20.8 Å². The van der Waals surface area contributed by atoms with E-state index in [2.05, 4.69) is 14.2 Å². The van der Waals surface area contributed by atoms with Crippen LogP contribution in [0.5, 0.6) is 0 Å². The molecule has 0 aromatic rings. The average Bonchev–Trinajstić information content (AvgIpc) is 2.77. The Bertz CT molecular complexity index is 689. The highest BCUT2D eigenvalue weighted by atomic mass is 35.5. The third-order valence-corrected chi connectivity index (χ3v) is 4.16. The highest BCUT2D eigenvalue weighted by Gasteiger charge is 2.33. The van der Waals surface area contributed by atoms with Crippen molar-refractivity contribution in [3.63, 3.8) is 0 Å². The Hall–Kier alpha value is -3.02. The highest BCUT2D eigenvalue weighted by molar-refractivity contribution is 6.37. The number of hydrogen-bond acceptors (Lipinski definition) is 10. The quantitative estimate of drug-likeness (QED) is 0.100. The molecule has 0 amide bonds. The molecule has 13 heteroatoms. The van der Waals surface area contributed by atoms with Crippen LogP contribution < -0.4 is 0 Å². The minimum absolute atomic E-state index is 0. The number of hydrogen-bond donors (Lipinski definition) is 2. The van der Waals surface area contributed by atoms with Crippen molar-refractivity contribution in [1.82, 2.24) is 0 Å². The Morgan fingerprint density at radius 2 is 1.32 bits per heavy atom. The zero-order valence-corrected chi connectivity index (χ0v) is 20.4. The van der Waals surface area contributed by atoms with Crippen molar-refractivity contribution in [2.45, 2.75) is 64.7 Å². The van der Waals surface area contributed by atoms with Crippen molar-refractivity contribution < 1.29 is 58.0 Å². The van der Waals surface area contributed by atoms with Crippen LogP contribution in [0.4, 0.5) is 0 Å². The number of carbonyl (C=O) groups is 7. The maximum atomic E-state index is 11.8. The van der Waals surface area contributed by atoms with Crippen molar-refractivity contribution in [3.8, 4) is 0 Å². The first kappa shape index (κ1) is 35.6. The second kappa shape index (κ2) is 21.8. The Morgan fingerprint density at radius 1 is 0.765 bits per heavy atom. The van der Waals surface area contributed by atoms with E-state index in [1.807, 2.05) is 0 Å². The molecule has 0 aromatic carbocycles. The average molecular weight is 513 g/mol. The first-order valence-corrected chi connectivity index (χ1v) is 10.3. The minimum atomic E-state index is -1.42. The summed E-state index contributed by atoms with van der Waals surface area (Å²) in [5, 5.41) is 16.4. The van der Waals surface area contributed by atoms with Crippen LogP contribution in [0.3, 0.4) is 0 Å². The summed E-state index contributed by atoms with van der Waals surface area (Å²) in [7, 11) is 2.42. The fourth-order valence-corrected chi connectivity index (χ4v) is 2.41. The van der Waals surface area contributed by atoms with Gasteiger partial charge in [0.2, 0.25) is 5.78 Å². The zero-order chi connectivity index (χ0) is 25.8. The molecule has 0 aliphatic rings. The lowest BCUT2D eigenvalue weighted by molar-refractivity contribution is -0.161. The smallest absolute Gasteiger partial charge is 0.375 e. The molecule has 0 saturated heterocycles. The van der Waals surface area contributed by atoms with Crippen LogP contribution in [0.2, 0.25) is 0 Å². The topological polar surface area (TPSA) is 188 Å². The van der Waals surface area contributed by atoms with Crippen molar-refractivity contribution in [1.29, 1.82) is 0 Å². The van der Waals surface area contributed by atoms with Gasteiger partial charge in [0.25, 0.3) is 5.78 Å². The minimum Gasteiger partial charge on any atom is -0.481 e. The Morgan fingerprint density at radius 3 is 1.79 bits per heavy atom. The predicted molar refractivity (Wildman–Crippen MR) is 118 cm³/mol. The number of carbonyl (C=O) groups excluding carboxylic acids is 5. The van der Waals surface area contributed by atoms with Gasteiger partial charge in [0, 0.05) is 19.3 Å². The van der Waals surface area contributed by atoms with E-state index in [0.717, 1.165) is 7.11 Å². The van der Waals surface area contributed by atoms with Crippen molar-refractivity contribution >= 4 is 53.8 Å². The summed E-state index contributed by atoms with van der Waals surface area (Å²) >= 11 is 0. The van der Waals surface area contributed by atoms with Gasteiger partial charge >= 0.3 is 29.8 Å². The molecule has 0 spiro atoms. The largest absolute Gasteiger partial charge is 0.481 e. The van der Waals surface area contributed by atoms with Gasteiger partial charge in [0.1, 0.15) is 5.92 Å². The van der Waals surface area contributed by atoms with E-state index >= 15 is 0 Å². The van der Waals surface area contributed by atoms with Gasteiger partial charge in [-0.3, -0.25) is 24.0 Å². The predicted octanol–water partition coefficient (Wildman–Crippen LogP) is 1.74. The molecule has 1 unspecified atom stereocenters. The highest BCUT2D eigenvalue weighted by Crippen LogP contribution is 2.14. The standard InChI is InChI=1S/C13H20O7.C8H12O5.ClH/c1-4-20-13(17)11(15)9(12(16)19-3)7-5-6-8-10(14)18-2;9-6(8(12)13)4-2-1-3-5-7(10)11;/h9H,4-8H2,1-3H3;1-5H2,(H,10,11)(H,12,13);1H. The first-order valence-electron chi connectivity index (χ1n) is 10.3. The number of carboxylic acids is 2. The zero-order valence-electron chi connectivity index (χ0n) is 19.5. The molecule has 0 radical (unpaired) electrons. The van der Waals surface area contributed by atoms with E-state index in [0.29, 0.717) is 32.1 Å². The van der Waals surface area contributed by atoms with Crippen LogP contribution in [-0.4, -0.2) is 72.5 Å². The van der Waals surface area contributed by atoms with E-state index in [-0.39, 0.29) is 50.7 Å². The summed E-state index contributed by atoms with van der Waals surface area (Å²) in [6.07, 6.45) is 2.76. The maximum Gasteiger partial charge on any atom is 0.375 e. The van der Waals surface area contributed by atoms with Crippen molar-refractivity contribution in [2.75, 3.05) is 20.8 Å². The number of rotatable bonds is 16. The molecule has 34 heavy (non-hydrogen) atoms. The van der Waals surface area contributed by atoms with Gasteiger partial charge in [-0.1, -0.05) is 12.8 Å². The molecule has 0 aromatic heterocycles. The van der Waals surface area contributed by atoms with Crippen LogP contribution in [0.25, 0.3) is 0 Å². The van der Waals surface area contributed by atoms with E-state index in [4.69, 9.17) is 10.2 Å². The first-order chi connectivity index (χ1) is 15.5. The van der Waals surface area contributed by atoms with E-state index in [1.54, 1.807) is 6.92 Å². The molecule has 196 valence electrons. The number of esters is 3. The fourth-order valence-electron chi connectivity index (χ4n) is 2.41. The number of halogens is 1. The van der Waals surface area contributed by atoms with Gasteiger partial charge in [-0.05, 0) is 32.6 Å². The van der Waals surface area contributed by atoms with Crippen LogP contribution in [0, 0.1) is 5.92 Å². The second-order valence-electron chi connectivity index (χ2n) is 6.67. The summed E-state index contributed by atoms with van der Waals surface area (Å²) in [6.45, 7) is 1.62. The molecule has 0 aliphatic carbocycles. The Kier molecular flexibility index (Phi) is 22.8. The van der Waals surface area contributed by atoms with Gasteiger partial charge < -0.3 is 24.4 Å². The molecule has 0 heterocycles. The van der Waals surface area contributed by atoms with Gasteiger partial charge in [-0.2, -0.15) is 0 Å². The van der Waals surface area contributed by atoms with Gasteiger partial charge in [-0.15, -0.1) is 12.4 Å². The number of aliphatic carboxylic acids is 2. The third-order valence-electron chi connectivity index (χ3n) is 4.16. The van der Waals surface area contributed by atoms with Crippen molar-refractivity contribution in [3.05, 3.63) is 0 Å². The van der Waals surface area contributed by atoms with Gasteiger partial charge in [-0.25, -0.2) is 9.59 Å². The summed E-state index contributed by atoms with van der Waals surface area (Å²) in [6, 6.07) is 0. The normalized spacial score (nSPS) is 10.3. The lowest BCUT2D eigenvalue weighted by Crippen LogP contribution is -2.32. The van der Waals surface area contributed by atoms with Crippen LogP contribution in [0.15, 0.2) is 0 Å². The second-order valence-corrected chi connectivity index (χ2v) is 6.67. The molecule has 0 rings (SSSR count). The molecule has 0 aliphatic heterocycles. The third kappa shape index (κ3) is 18.5. The number of ether oxygens (including phenoxy) is 3. The SMILES string of the molecule is CCOC(=O)C(=O)C(CCCCC(=O)OC)C(=O)OC.Cl.O=C(O)CCCCCC(=O)C(=O)O. The Labute approximate surface area is 203 Å². The van der Waals surface area contributed by atoms with Gasteiger partial charge in [0.15, 0.2) is 0 Å². The van der Waals surface area contributed by atoms with E-state index in [1.165, 1.54) is 7.11 Å². The molecule has 12 nitrogen and oxygen atoms in total. The lowest BCUT2D eigenvalue weighted by atomic mass is 9.96. The van der Waals surface area contributed by atoms with Crippen LogP contribution in [-0.2, 0) is 47.8 Å². The number of ketones is 2. The lowest BCUT2D eigenvalue weighted by Gasteiger charge is -2.12. The Balaban J connectivity index is -0.000000598. The van der Waals surface area contributed by atoms with E-state index in [9.17, 15) is 33.6 Å². The van der Waals surface area contributed by atoms with Crippen LogP contribution in [0.1, 0.15) is 64.7 Å². The summed E-state index contributed by atoms with van der Waals surface area (Å²) in [5.41, 5.74) is 0. The monoisotopic (exact) mass is 512 g/mol. The van der Waals surface area contributed by atoms with E-state index < -0.39 is 41.4 Å². The molecule has 1 atom stereocenters. The summed E-state index contributed by atoms with van der Waals surface area (Å²) in [4.78, 5) is 76.1. The molecule has 0 fully saturated rings. The maximum absolute atomic E-state index is 11.8. The molecule has 0 bridgehead atoms. The molecular weight excluding hydrogens is 480 g/mol.